The quantitative estimate of drug-likeness (QED) is 0.657. The topological polar surface area (TPSA) is 101 Å². The first kappa shape index (κ1) is 18.5. The minimum absolute atomic E-state index is 0.00382. The number of nitrogens with zero attached hydrogens (tertiary/aromatic N) is 2. The second-order valence-corrected chi connectivity index (χ2v) is 7.31. The lowest BCUT2D eigenvalue weighted by Crippen LogP contribution is -2.14. The molecule has 3 rings (SSSR count). The second-order valence-electron chi connectivity index (χ2n) is 5.62. The Morgan fingerprint density at radius 1 is 1.04 bits per heavy atom. The zero-order valence-corrected chi connectivity index (χ0v) is 15.0. The predicted octanol–water partition coefficient (Wildman–Crippen LogP) is 3.04. The molecular weight excluding hydrogens is 371 g/mol. The Morgan fingerprint density at radius 3 is 2.44 bits per heavy atom. The van der Waals surface area contributed by atoms with Crippen molar-refractivity contribution in [2.75, 3.05) is 10.0 Å². The molecule has 7 nitrogen and oxygen atoms in total. The van der Waals surface area contributed by atoms with E-state index in [4.69, 9.17) is 0 Å². The van der Waals surface area contributed by atoms with Crippen LogP contribution in [0.2, 0.25) is 0 Å². The van der Waals surface area contributed by atoms with Crippen molar-refractivity contribution in [1.82, 2.24) is 9.97 Å². The van der Waals surface area contributed by atoms with Gasteiger partial charge in [0.25, 0.3) is 10.0 Å². The van der Waals surface area contributed by atoms with Gasteiger partial charge in [-0.25, -0.2) is 13.4 Å². The van der Waals surface area contributed by atoms with E-state index in [0.29, 0.717) is 16.8 Å². The molecule has 0 saturated carbocycles. The highest BCUT2D eigenvalue weighted by Crippen LogP contribution is 2.26. The number of anilines is 2. The van der Waals surface area contributed by atoms with Crippen molar-refractivity contribution in [3.8, 4) is 11.1 Å². The Kier molecular flexibility index (Phi) is 5.13. The average molecular weight is 386 g/mol. The molecule has 0 radical (unpaired) electrons. The van der Waals surface area contributed by atoms with Gasteiger partial charge in [-0.2, -0.15) is 4.39 Å². The monoisotopic (exact) mass is 386 g/mol. The summed E-state index contributed by atoms with van der Waals surface area (Å²) in [5.41, 5.74) is 1.13. The van der Waals surface area contributed by atoms with Crippen molar-refractivity contribution >= 4 is 27.3 Å². The standard InChI is InChI=1S/C18H15FN4O3S/c1-12(24)22-15-7-13(9-20-11-15)14-8-17(18(19)21-10-14)23-27(25,26)16-5-3-2-4-6-16/h2-11,23H,1H3,(H,22,24). The van der Waals surface area contributed by atoms with Crippen LogP contribution in [0.5, 0.6) is 0 Å². The van der Waals surface area contributed by atoms with E-state index >= 15 is 0 Å². The summed E-state index contributed by atoms with van der Waals surface area (Å²) >= 11 is 0. The number of rotatable bonds is 5. The summed E-state index contributed by atoms with van der Waals surface area (Å²) in [7, 11) is -3.96. The zero-order chi connectivity index (χ0) is 19.4. The Bertz CT molecular complexity index is 1090. The van der Waals surface area contributed by atoms with Crippen LogP contribution in [-0.2, 0) is 14.8 Å². The Balaban J connectivity index is 1.95. The van der Waals surface area contributed by atoms with Gasteiger partial charge in [-0.1, -0.05) is 18.2 Å². The van der Waals surface area contributed by atoms with Gasteiger partial charge in [0, 0.05) is 30.4 Å². The molecule has 0 bridgehead atoms. The number of benzene rings is 1. The van der Waals surface area contributed by atoms with Crippen LogP contribution in [0.4, 0.5) is 15.8 Å². The molecule has 0 atom stereocenters. The Morgan fingerprint density at radius 2 is 1.74 bits per heavy atom. The maximum Gasteiger partial charge on any atom is 0.262 e. The number of carbonyl (C=O) groups is 1. The van der Waals surface area contributed by atoms with Crippen molar-refractivity contribution in [3.63, 3.8) is 0 Å². The van der Waals surface area contributed by atoms with Crippen LogP contribution in [0.25, 0.3) is 11.1 Å². The number of carbonyl (C=O) groups excluding carboxylic acids is 1. The van der Waals surface area contributed by atoms with Gasteiger partial charge in [-0.3, -0.25) is 14.5 Å². The molecule has 0 spiro atoms. The summed E-state index contributed by atoms with van der Waals surface area (Å²) in [6, 6.07) is 10.6. The number of halogens is 1. The summed E-state index contributed by atoms with van der Waals surface area (Å²) in [4.78, 5) is 18.8. The van der Waals surface area contributed by atoms with E-state index in [1.54, 1.807) is 24.3 Å². The first-order chi connectivity index (χ1) is 12.8. The predicted molar refractivity (Wildman–Crippen MR) is 99.0 cm³/mol. The number of hydrogen-bond acceptors (Lipinski definition) is 5. The van der Waals surface area contributed by atoms with Crippen LogP contribution in [-0.4, -0.2) is 24.3 Å². The fourth-order valence-electron chi connectivity index (χ4n) is 2.35. The zero-order valence-electron chi connectivity index (χ0n) is 14.2. The third kappa shape index (κ3) is 4.45. The maximum absolute atomic E-state index is 14.1. The fourth-order valence-corrected chi connectivity index (χ4v) is 3.42. The van der Waals surface area contributed by atoms with Crippen LogP contribution in [0.3, 0.4) is 0 Å². The summed E-state index contributed by atoms with van der Waals surface area (Å²) in [6.45, 7) is 1.36. The summed E-state index contributed by atoms with van der Waals surface area (Å²) in [5.74, 6) is -1.22. The number of hydrogen-bond donors (Lipinski definition) is 2. The Hall–Kier alpha value is -3.33. The van der Waals surface area contributed by atoms with Gasteiger partial charge in [-0.05, 0) is 24.3 Å². The first-order valence-electron chi connectivity index (χ1n) is 7.81. The first-order valence-corrected chi connectivity index (χ1v) is 9.30. The molecular formula is C18H15FN4O3S. The van der Waals surface area contributed by atoms with Gasteiger partial charge in [-0.15, -0.1) is 0 Å². The number of amides is 1. The third-order valence-electron chi connectivity index (χ3n) is 3.53. The van der Waals surface area contributed by atoms with Gasteiger partial charge < -0.3 is 5.32 Å². The summed E-state index contributed by atoms with van der Waals surface area (Å²) in [6.07, 6.45) is 4.21. The minimum atomic E-state index is -3.96. The van der Waals surface area contributed by atoms with Gasteiger partial charge in [0.2, 0.25) is 11.9 Å². The van der Waals surface area contributed by atoms with Gasteiger partial charge in [0.05, 0.1) is 16.8 Å². The lowest BCUT2D eigenvalue weighted by atomic mass is 10.1. The molecule has 3 aromatic rings. The van der Waals surface area contributed by atoms with E-state index < -0.39 is 16.0 Å². The SMILES string of the molecule is CC(=O)Nc1cncc(-c2cnc(F)c(NS(=O)(=O)c3ccccc3)c2)c1. The molecule has 0 aliphatic rings. The van der Waals surface area contributed by atoms with Crippen LogP contribution in [0.1, 0.15) is 6.92 Å². The van der Waals surface area contributed by atoms with E-state index in [0.717, 1.165) is 0 Å². The normalized spacial score (nSPS) is 11.0. The molecule has 0 aliphatic heterocycles. The third-order valence-corrected chi connectivity index (χ3v) is 4.91. The van der Waals surface area contributed by atoms with Crippen molar-refractivity contribution in [2.45, 2.75) is 11.8 Å². The highest BCUT2D eigenvalue weighted by atomic mass is 32.2. The lowest BCUT2D eigenvalue weighted by Gasteiger charge is -2.11. The van der Waals surface area contributed by atoms with Gasteiger partial charge in [0.1, 0.15) is 5.69 Å². The van der Waals surface area contributed by atoms with Crippen molar-refractivity contribution < 1.29 is 17.6 Å². The van der Waals surface area contributed by atoms with Crippen LogP contribution in [0, 0.1) is 5.95 Å². The molecule has 1 amide bonds. The maximum atomic E-state index is 14.1. The van der Waals surface area contributed by atoms with Crippen molar-refractivity contribution in [3.05, 3.63) is 67.0 Å². The number of aromatic nitrogens is 2. The summed E-state index contributed by atoms with van der Waals surface area (Å²) < 4.78 is 41.1. The van der Waals surface area contributed by atoms with E-state index in [1.165, 1.54) is 43.7 Å². The highest BCUT2D eigenvalue weighted by Gasteiger charge is 2.17. The smallest absolute Gasteiger partial charge is 0.262 e. The minimum Gasteiger partial charge on any atom is -0.325 e. The molecule has 0 unspecified atom stereocenters. The Labute approximate surface area is 155 Å². The fraction of sp³-hybridized carbons (Fsp3) is 0.0556. The second kappa shape index (κ2) is 7.50. The highest BCUT2D eigenvalue weighted by molar-refractivity contribution is 7.92. The molecule has 2 heterocycles. The number of nitrogens with one attached hydrogen (secondary N) is 2. The largest absolute Gasteiger partial charge is 0.325 e. The molecule has 0 aliphatic carbocycles. The molecule has 0 fully saturated rings. The van der Waals surface area contributed by atoms with E-state index in [1.807, 2.05) is 0 Å². The number of pyridine rings is 2. The van der Waals surface area contributed by atoms with Crippen LogP contribution < -0.4 is 10.0 Å². The molecule has 27 heavy (non-hydrogen) atoms. The van der Waals surface area contributed by atoms with Crippen LogP contribution in [0.15, 0.2) is 66.0 Å². The van der Waals surface area contributed by atoms with Gasteiger partial charge >= 0.3 is 0 Å². The van der Waals surface area contributed by atoms with E-state index in [-0.39, 0.29) is 16.5 Å². The van der Waals surface area contributed by atoms with Crippen molar-refractivity contribution in [1.29, 1.82) is 0 Å². The molecule has 9 heteroatoms. The summed E-state index contributed by atoms with van der Waals surface area (Å²) in [5, 5.41) is 2.59. The molecule has 0 saturated heterocycles. The number of sulfonamides is 1. The molecule has 2 N–H and O–H groups in total. The average Bonchev–Trinajstić information content (AvgIpc) is 2.64. The van der Waals surface area contributed by atoms with Crippen LogP contribution >= 0.6 is 0 Å². The lowest BCUT2D eigenvalue weighted by molar-refractivity contribution is -0.114. The van der Waals surface area contributed by atoms with E-state index in [2.05, 4.69) is 20.0 Å². The van der Waals surface area contributed by atoms with Crippen molar-refractivity contribution in [2.24, 2.45) is 0 Å². The molecule has 2 aromatic heterocycles. The van der Waals surface area contributed by atoms with E-state index in [9.17, 15) is 17.6 Å². The van der Waals surface area contributed by atoms with Gasteiger partial charge in [0.15, 0.2) is 0 Å². The molecule has 138 valence electrons. The molecule has 1 aromatic carbocycles.